The first-order chi connectivity index (χ1) is 14.6. The van der Waals surface area contributed by atoms with Crippen LogP contribution in [0.15, 0.2) is 48.6 Å². The van der Waals surface area contributed by atoms with E-state index in [1.54, 1.807) is 0 Å². The van der Waals surface area contributed by atoms with Crippen LogP contribution in [0, 0.1) is 25.7 Å². The Kier molecular flexibility index (Phi) is 6.46. The highest BCUT2D eigenvalue weighted by Gasteiger charge is 2.34. The molecule has 4 rings (SSSR count). The number of amides is 1. The largest absolute Gasteiger partial charge is 0.341 e. The van der Waals surface area contributed by atoms with E-state index in [2.05, 4.69) is 56.2 Å². The number of allylic oxidation sites excluding steroid dienone is 1. The summed E-state index contributed by atoms with van der Waals surface area (Å²) in [5.41, 5.74) is 3.31. The average molecular weight is 405 g/mol. The molecule has 1 aromatic heterocycles. The van der Waals surface area contributed by atoms with Gasteiger partial charge in [0.2, 0.25) is 11.9 Å². The molecule has 1 fully saturated rings. The number of carbonyl (C=O) groups excluding carboxylic acids is 1. The Labute approximate surface area is 179 Å². The molecule has 0 bridgehead atoms. The van der Waals surface area contributed by atoms with Crippen LogP contribution in [0.25, 0.3) is 0 Å². The quantitative estimate of drug-likeness (QED) is 0.708. The zero-order valence-corrected chi connectivity index (χ0v) is 18.1. The van der Waals surface area contributed by atoms with E-state index < -0.39 is 0 Å². The molecule has 158 valence electrons. The van der Waals surface area contributed by atoms with Crippen molar-refractivity contribution < 1.29 is 4.79 Å². The second-order valence-electron chi connectivity index (χ2n) is 8.61. The van der Waals surface area contributed by atoms with Gasteiger partial charge in [0.1, 0.15) is 0 Å². The minimum Gasteiger partial charge on any atom is -0.341 e. The van der Waals surface area contributed by atoms with Gasteiger partial charge in [-0.15, -0.1) is 0 Å². The van der Waals surface area contributed by atoms with Crippen molar-refractivity contribution in [1.82, 2.24) is 14.9 Å². The Hall–Kier alpha value is -2.69. The predicted octanol–water partition coefficient (Wildman–Crippen LogP) is 3.96. The third-order valence-electron chi connectivity index (χ3n) is 6.39. The number of anilines is 1. The fourth-order valence-electron chi connectivity index (χ4n) is 4.72. The maximum Gasteiger partial charge on any atom is 0.226 e. The number of aromatic nitrogens is 2. The molecule has 1 aromatic carbocycles. The van der Waals surface area contributed by atoms with Crippen LogP contribution < -0.4 is 4.90 Å². The highest BCUT2D eigenvalue weighted by molar-refractivity contribution is 5.80. The number of hydrogen-bond acceptors (Lipinski definition) is 4. The number of benzene rings is 1. The van der Waals surface area contributed by atoms with Gasteiger partial charge in [-0.2, -0.15) is 0 Å². The van der Waals surface area contributed by atoms with Gasteiger partial charge in [0, 0.05) is 43.5 Å². The molecule has 0 radical (unpaired) electrons. The topological polar surface area (TPSA) is 49.3 Å². The lowest BCUT2D eigenvalue weighted by Gasteiger charge is -2.36. The summed E-state index contributed by atoms with van der Waals surface area (Å²) in [7, 11) is 0. The van der Waals surface area contributed by atoms with Crippen molar-refractivity contribution in [3.05, 3.63) is 65.5 Å². The molecule has 3 heterocycles. The molecule has 5 nitrogen and oxygen atoms in total. The number of aryl methyl sites for hydroxylation is 2. The fourth-order valence-corrected chi connectivity index (χ4v) is 4.72. The number of rotatable bonds is 5. The summed E-state index contributed by atoms with van der Waals surface area (Å²) in [6.07, 6.45) is 8.20. The predicted molar refractivity (Wildman–Crippen MR) is 120 cm³/mol. The standard InChI is InChI=1S/C25H32N4O/c1-19-18-20(2)27-25(26-19)29-16-12-22(13-17-29)23-10-6-7-14-28(24(23)30)15-11-21-8-4-3-5-9-21/h3-9,18,22-23H,10-17H2,1-2H3/t23-/m0/s1. The zero-order chi connectivity index (χ0) is 20.9. The molecular formula is C25H32N4O. The van der Waals surface area contributed by atoms with Crippen LogP contribution >= 0.6 is 0 Å². The van der Waals surface area contributed by atoms with Gasteiger partial charge in [-0.05, 0) is 57.1 Å². The van der Waals surface area contributed by atoms with Crippen LogP contribution in [0.1, 0.15) is 36.2 Å². The lowest BCUT2D eigenvalue weighted by atomic mass is 9.81. The SMILES string of the molecule is Cc1cc(C)nc(N2CCC([C@@H]3CC=CCN(CCc4ccccc4)C3=O)CC2)n1. The molecule has 1 amide bonds. The van der Waals surface area contributed by atoms with Gasteiger partial charge in [0.05, 0.1) is 0 Å². The van der Waals surface area contributed by atoms with E-state index >= 15 is 0 Å². The van der Waals surface area contributed by atoms with E-state index in [-0.39, 0.29) is 5.92 Å². The first-order valence-corrected chi connectivity index (χ1v) is 11.1. The average Bonchev–Trinajstić information content (AvgIpc) is 2.94. The molecule has 0 aliphatic carbocycles. The van der Waals surface area contributed by atoms with E-state index in [1.165, 1.54) is 5.56 Å². The summed E-state index contributed by atoms with van der Waals surface area (Å²) in [5, 5.41) is 0. The van der Waals surface area contributed by atoms with Crippen molar-refractivity contribution in [3.8, 4) is 0 Å². The maximum atomic E-state index is 13.4. The lowest BCUT2D eigenvalue weighted by molar-refractivity contribution is -0.136. The third kappa shape index (κ3) is 4.89. The lowest BCUT2D eigenvalue weighted by Crippen LogP contribution is -2.43. The van der Waals surface area contributed by atoms with Crippen LogP contribution in [0.4, 0.5) is 5.95 Å². The Morgan fingerprint density at radius 1 is 1.00 bits per heavy atom. The van der Waals surface area contributed by atoms with Crippen LogP contribution in [0.2, 0.25) is 0 Å². The summed E-state index contributed by atoms with van der Waals surface area (Å²) in [6, 6.07) is 12.5. The van der Waals surface area contributed by atoms with Gasteiger partial charge in [0.15, 0.2) is 0 Å². The third-order valence-corrected chi connectivity index (χ3v) is 6.39. The number of piperidine rings is 1. The highest BCUT2D eigenvalue weighted by atomic mass is 16.2. The zero-order valence-electron chi connectivity index (χ0n) is 18.1. The van der Waals surface area contributed by atoms with Crippen molar-refractivity contribution in [2.45, 2.75) is 39.5 Å². The van der Waals surface area contributed by atoms with Crippen LogP contribution in [-0.2, 0) is 11.2 Å². The molecule has 0 spiro atoms. The second kappa shape index (κ2) is 9.41. The van der Waals surface area contributed by atoms with Crippen LogP contribution in [-0.4, -0.2) is 47.0 Å². The summed E-state index contributed by atoms with van der Waals surface area (Å²) in [6.45, 7) is 7.41. The normalized spacial score (nSPS) is 20.5. The Morgan fingerprint density at radius 2 is 1.70 bits per heavy atom. The molecule has 2 aliphatic heterocycles. The van der Waals surface area contributed by atoms with Gasteiger partial charge < -0.3 is 9.80 Å². The molecule has 2 aliphatic rings. The second-order valence-corrected chi connectivity index (χ2v) is 8.61. The molecule has 30 heavy (non-hydrogen) atoms. The Morgan fingerprint density at radius 3 is 2.40 bits per heavy atom. The molecule has 1 atom stereocenters. The summed E-state index contributed by atoms with van der Waals surface area (Å²) >= 11 is 0. The Balaban J connectivity index is 1.37. The molecule has 1 saturated heterocycles. The Bertz CT molecular complexity index is 867. The van der Waals surface area contributed by atoms with Crippen molar-refractivity contribution in [2.24, 2.45) is 11.8 Å². The van der Waals surface area contributed by atoms with Gasteiger partial charge in [0.25, 0.3) is 0 Å². The monoisotopic (exact) mass is 404 g/mol. The molecular weight excluding hydrogens is 372 g/mol. The minimum absolute atomic E-state index is 0.0989. The molecule has 0 saturated carbocycles. The summed E-state index contributed by atoms with van der Waals surface area (Å²) in [5.74, 6) is 1.70. The van der Waals surface area contributed by atoms with E-state index in [0.717, 1.165) is 69.2 Å². The van der Waals surface area contributed by atoms with Gasteiger partial charge in [-0.1, -0.05) is 42.5 Å². The van der Waals surface area contributed by atoms with Crippen LogP contribution in [0.3, 0.4) is 0 Å². The smallest absolute Gasteiger partial charge is 0.226 e. The van der Waals surface area contributed by atoms with E-state index in [9.17, 15) is 4.79 Å². The molecule has 5 heteroatoms. The molecule has 0 N–H and O–H groups in total. The summed E-state index contributed by atoms with van der Waals surface area (Å²) in [4.78, 5) is 26.9. The van der Waals surface area contributed by atoms with E-state index in [4.69, 9.17) is 0 Å². The molecule has 0 unspecified atom stereocenters. The van der Waals surface area contributed by atoms with Crippen molar-refractivity contribution in [3.63, 3.8) is 0 Å². The number of carbonyl (C=O) groups is 1. The minimum atomic E-state index is 0.0989. The van der Waals surface area contributed by atoms with Crippen molar-refractivity contribution in [1.29, 1.82) is 0 Å². The first-order valence-electron chi connectivity index (χ1n) is 11.1. The van der Waals surface area contributed by atoms with E-state index in [1.807, 2.05) is 26.0 Å². The van der Waals surface area contributed by atoms with Crippen LogP contribution in [0.5, 0.6) is 0 Å². The van der Waals surface area contributed by atoms with Gasteiger partial charge in [-0.25, -0.2) is 9.97 Å². The van der Waals surface area contributed by atoms with E-state index in [0.29, 0.717) is 11.8 Å². The van der Waals surface area contributed by atoms with Gasteiger partial charge in [-0.3, -0.25) is 4.79 Å². The summed E-state index contributed by atoms with van der Waals surface area (Å²) < 4.78 is 0. The molecule has 2 aromatic rings. The van der Waals surface area contributed by atoms with Crippen molar-refractivity contribution >= 4 is 11.9 Å². The fraction of sp³-hybridized carbons (Fsp3) is 0.480. The number of nitrogens with zero attached hydrogens (tertiary/aromatic N) is 4. The first kappa shape index (κ1) is 20.6. The van der Waals surface area contributed by atoms with Crippen molar-refractivity contribution in [2.75, 3.05) is 31.1 Å². The highest BCUT2D eigenvalue weighted by Crippen LogP contribution is 2.31. The number of hydrogen-bond donors (Lipinski definition) is 0. The maximum absolute atomic E-state index is 13.4. The van der Waals surface area contributed by atoms with Gasteiger partial charge >= 0.3 is 0 Å².